The standard InChI is InChI=1S/C14H21I/c1-5-6-13(15)11-7-9-12(10-8-11)14(2,3)4/h7-10,13H,5-6H2,1-4H3. The normalized spacial score (nSPS) is 13.9. The van der Waals surface area contributed by atoms with E-state index in [1.54, 1.807) is 0 Å². The highest BCUT2D eigenvalue weighted by Gasteiger charge is 2.14. The summed E-state index contributed by atoms with van der Waals surface area (Å²) >= 11 is 2.54. The minimum Gasteiger partial charge on any atom is -0.0774 e. The van der Waals surface area contributed by atoms with Gasteiger partial charge in [0.1, 0.15) is 0 Å². The van der Waals surface area contributed by atoms with Crippen LogP contribution in [0.15, 0.2) is 24.3 Å². The SMILES string of the molecule is CCCC(I)c1ccc(C(C)(C)C)cc1. The minimum absolute atomic E-state index is 0.268. The van der Waals surface area contributed by atoms with Crippen LogP contribution < -0.4 is 0 Å². The molecule has 15 heavy (non-hydrogen) atoms. The zero-order valence-corrected chi connectivity index (χ0v) is 12.3. The van der Waals surface area contributed by atoms with Crippen LogP contribution in [0.25, 0.3) is 0 Å². The van der Waals surface area contributed by atoms with Gasteiger partial charge in [-0.05, 0) is 23.0 Å². The maximum atomic E-state index is 2.54. The zero-order valence-electron chi connectivity index (χ0n) is 10.2. The molecule has 84 valence electrons. The van der Waals surface area contributed by atoms with Gasteiger partial charge in [-0.15, -0.1) is 0 Å². The lowest BCUT2D eigenvalue weighted by Crippen LogP contribution is -2.10. The van der Waals surface area contributed by atoms with Gasteiger partial charge in [0.2, 0.25) is 0 Å². The summed E-state index contributed by atoms with van der Waals surface area (Å²) in [6, 6.07) is 9.12. The molecule has 1 atom stereocenters. The maximum absolute atomic E-state index is 2.54. The number of halogens is 1. The molecule has 0 N–H and O–H groups in total. The number of rotatable bonds is 3. The van der Waals surface area contributed by atoms with Gasteiger partial charge in [-0.3, -0.25) is 0 Å². The minimum atomic E-state index is 0.268. The van der Waals surface area contributed by atoms with E-state index in [1.807, 2.05) is 0 Å². The van der Waals surface area contributed by atoms with Crippen molar-refractivity contribution in [2.24, 2.45) is 0 Å². The van der Waals surface area contributed by atoms with Crippen LogP contribution >= 0.6 is 22.6 Å². The molecule has 1 unspecified atom stereocenters. The lowest BCUT2D eigenvalue weighted by molar-refractivity contribution is 0.590. The summed E-state index contributed by atoms with van der Waals surface area (Å²) in [4.78, 5) is 0. The summed E-state index contributed by atoms with van der Waals surface area (Å²) in [5.74, 6) is 0. The van der Waals surface area contributed by atoms with Gasteiger partial charge in [0.05, 0.1) is 0 Å². The molecule has 0 aromatic heterocycles. The van der Waals surface area contributed by atoms with Crippen molar-refractivity contribution >= 4 is 22.6 Å². The van der Waals surface area contributed by atoms with Crippen molar-refractivity contribution in [2.75, 3.05) is 0 Å². The van der Waals surface area contributed by atoms with Gasteiger partial charge >= 0.3 is 0 Å². The van der Waals surface area contributed by atoms with Crippen molar-refractivity contribution in [1.82, 2.24) is 0 Å². The maximum Gasteiger partial charge on any atom is 0.0359 e. The number of hydrogen-bond donors (Lipinski definition) is 0. The molecule has 0 fully saturated rings. The molecule has 0 amide bonds. The highest BCUT2D eigenvalue weighted by molar-refractivity contribution is 14.1. The Morgan fingerprint density at radius 3 is 2.07 bits per heavy atom. The van der Waals surface area contributed by atoms with Crippen LogP contribution in [0, 0.1) is 0 Å². The number of benzene rings is 1. The quantitative estimate of drug-likeness (QED) is 0.527. The third kappa shape index (κ3) is 3.78. The first kappa shape index (κ1) is 13.0. The fourth-order valence-corrected chi connectivity index (χ4v) is 2.65. The third-order valence-corrected chi connectivity index (χ3v) is 4.02. The fourth-order valence-electron chi connectivity index (χ4n) is 1.61. The molecule has 0 aliphatic rings. The van der Waals surface area contributed by atoms with Crippen LogP contribution in [-0.4, -0.2) is 0 Å². The van der Waals surface area contributed by atoms with E-state index >= 15 is 0 Å². The smallest absolute Gasteiger partial charge is 0.0359 e. The molecule has 0 bridgehead atoms. The van der Waals surface area contributed by atoms with Crippen LogP contribution in [0.2, 0.25) is 0 Å². The summed E-state index contributed by atoms with van der Waals surface area (Å²) in [6.07, 6.45) is 2.53. The first-order chi connectivity index (χ1) is 6.95. The highest BCUT2D eigenvalue weighted by atomic mass is 127. The van der Waals surface area contributed by atoms with Crippen LogP contribution in [-0.2, 0) is 5.41 Å². The summed E-state index contributed by atoms with van der Waals surface area (Å²) < 4.78 is 0.668. The van der Waals surface area contributed by atoms with Gasteiger partial charge in [0.25, 0.3) is 0 Å². The van der Waals surface area contributed by atoms with Crippen molar-refractivity contribution in [3.63, 3.8) is 0 Å². The summed E-state index contributed by atoms with van der Waals surface area (Å²) in [5, 5.41) is 0. The molecule has 1 heteroatoms. The van der Waals surface area contributed by atoms with Gasteiger partial charge in [0.15, 0.2) is 0 Å². The van der Waals surface area contributed by atoms with Crippen LogP contribution in [0.5, 0.6) is 0 Å². The third-order valence-electron chi connectivity index (χ3n) is 2.68. The van der Waals surface area contributed by atoms with Crippen LogP contribution in [0.3, 0.4) is 0 Å². The second-order valence-electron chi connectivity index (χ2n) is 5.13. The van der Waals surface area contributed by atoms with E-state index in [-0.39, 0.29) is 5.41 Å². The van der Waals surface area contributed by atoms with Gasteiger partial charge < -0.3 is 0 Å². The molecule has 1 rings (SSSR count). The van der Waals surface area contributed by atoms with E-state index in [0.29, 0.717) is 3.92 Å². The van der Waals surface area contributed by atoms with Crippen LogP contribution in [0.4, 0.5) is 0 Å². The Hall–Kier alpha value is -0.0500. The van der Waals surface area contributed by atoms with E-state index in [2.05, 4.69) is 74.6 Å². The van der Waals surface area contributed by atoms with E-state index in [0.717, 1.165) is 0 Å². The van der Waals surface area contributed by atoms with Gasteiger partial charge in [-0.1, -0.05) is 81.0 Å². The molecule has 0 nitrogen and oxygen atoms in total. The van der Waals surface area contributed by atoms with Crippen molar-refractivity contribution < 1.29 is 0 Å². The van der Waals surface area contributed by atoms with Gasteiger partial charge in [-0.25, -0.2) is 0 Å². The van der Waals surface area contributed by atoms with Crippen molar-refractivity contribution in [3.8, 4) is 0 Å². The van der Waals surface area contributed by atoms with Crippen molar-refractivity contribution in [2.45, 2.75) is 49.9 Å². The summed E-state index contributed by atoms with van der Waals surface area (Å²) in [7, 11) is 0. The predicted molar refractivity (Wildman–Crippen MR) is 76.8 cm³/mol. The van der Waals surface area contributed by atoms with Crippen molar-refractivity contribution in [3.05, 3.63) is 35.4 Å². The topological polar surface area (TPSA) is 0 Å². The van der Waals surface area contributed by atoms with E-state index in [9.17, 15) is 0 Å². The fraction of sp³-hybridized carbons (Fsp3) is 0.571. The second-order valence-corrected chi connectivity index (χ2v) is 6.63. The molecule has 0 aliphatic carbocycles. The molecular weight excluding hydrogens is 295 g/mol. The van der Waals surface area contributed by atoms with E-state index < -0.39 is 0 Å². The van der Waals surface area contributed by atoms with E-state index in [4.69, 9.17) is 0 Å². The molecule has 1 aromatic carbocycles. The predicted octanol–water partition coefficient (Wildman–Crippen LogP) is 5.26. The molecule has 0 saturated carbocycles. The molecule has 0 saturated heterocycles. The van der Waals surface area contributed by atoms with Gasteiger partial charge in [0, 0.05) is 3.92 Å². The van der Waals surface area contributed by atoms with Crippen LogP contribution in [0.1, 0.15) is 55.6 Å². The molecule has 0 aliphatic heterocycles. The molecule has 0 spiro atoms. The Morgan fingerprint density at radius 2 is 1.67 bits per heavy atom. The number of alkyl halides is 1. The second kappa shape index (κ2) is 5.33. The lowest BCUT2D eigenvalue weighted by Gasteiger charge is -2.19. The Balaban J connectivity index is 2.81. The van der Waals surface area contributed by atoms with Gasteiger partial charge in [-0.2, -0.15) is 0 Å². The molecule has 0 radical (unpaired) electrons. The Labute approximate surface area is 108 Å². The first-order valence-electron chi connectivity index (χ1n) is 5.69. The monoisotopic (exact) mass is 316 g/mol. The largest absolute Gasteiger partial charge is 0.0774 e. The highest BCUT2D eigenvalue weighted by Crippen LogP contribution is 2.30. The average molecular weight is 316 g/mol. The Morgan fingerprint density at radius 1 is 1.13 bits per heavy atom. The molecule has 0 heterocycles. The molecule has 1 aromatic rings. The summed E-state index contributed by atoms with van der Waals surface area (Å²) in [5.41, 5.74) is 3.15. The molecular formula is C14H21I. The lowest BCUT2D eigenvalue weighted by atomic mass is 9.86. The van der Waals surface area contributed by atoms with E-state index in [1.165, 1.54) is 24.0 Å². The first-order valence-corrected chi connectivity index (χ1v) is 6.94. The Bertz CT molecular complexity index is 292. The Kier molecular flexibility index (Phi) is 4.63. The average Bonchev–Trinajstić information content (AvgIpc) is 2.17. The zero-order chi connectivity index (χ0) is 11.5. The summed E-state index contributed by atoms with van der Waals surface area (Å²) in [6.45, 7) is 9.02. The van der Waals surface area contributed by atoms with Crippen molar-refractivity contribution in [1.29, 1.82) is 0 Å². The number of hydrogen-bond acceptors (Lipinski definition) is 0.